The molecule has 0 fully saturated rings. The lowest BCUT2D eigenvalue weighted by molar-refractivity contribution is 0.397. The first-order valence-electron chi connectivity index (χ1n) is 8.70. The van der Waals surface area contributed by atoms with Gasteiger partial charge in [0.25, 0.3) is 20.0 Å². The van der Waals surface area contributed by atoms with Gasteiger partial charge < -0.3 is 4.74 Å². The first-order valence-corrected chi connectivity index (χ1v) is 11.7. The number of nitrogens with one attached hydrogen (secondary N) is 2. The van der Waals surface area contributed by atoms with Crippen LogP contribution in [0.2, 0.25) is 0 Å². The summed E-state index contributed by atoms with van der Waals surface area (Å²) in [6, 6.07) is 11.5. The van der Waals surface area contributed by atoms with Crippen molar-refractivity contribution in [3.8, 4) is 5.88 Å². The molecule has 0 radical (unpaired) electrons. The third-order valence-electron chi connectivity index (χ3n) is 4.30. The number of nitrogens with zero attached hydrogens (tertiary/aromatic N) is 2. The summed E-state index contributed by atoms with van der Waals surface area (Å²) < 4.78 is 59.9. The molecule has 0 unspecified atom stereocenters. The lowest BCUT2D eigenvalue weighted by Gasteiger charge is -2.11. The molecule has 3 rings (SSSR count). The predicted molar refractivity (Wildman–Crippen MR) is 113 cm³/mol. The lowest BCUT2D eigenvalue weighted by Crippen LogP contribution is -2.15. The van der Waals surface area contributed by atoms with Gasteiger partial charge in [-0.3, -0.25) is 9.44 Å². The molecule has 1 heterocycles. The highest BCUT2D eigenvalue weighted by Gasteiger charge is 2.18. The first-order chi connectivity index (χ1) is 14.1. The highest BCUT2D eigenvalue weighted by atomic mass is 32.2. The monoisotopic (exact) mass is 448 g/mol. The summed E-state index contributed by atoms with van der Waals surface area (Å²) in [6.45, 7) is 3.72. The second-order valence-electron chi connectivity index (χ2n) is 6.43. The number of methoxy groups -OCH3 is 1. The Bertz CT molecular complexity index is 1270. The van der Waals surface area contributed by atoms with E-state index >= 15 is 0 Å². The van der Waals surface area contributed by atoms with Gasteiger partial charge in [0.15, 0.2) is 0 Å². The van der Waals surface area contributed by atoms with Crippen LogP contribution in [0.1, 0.15) is 11.1 Å². The van der Waals surface area contributed by atoms with Crippen molar-refractivity contribution in [3.63, 3.8) is 0 Å². The Hall–Kier alpha value is -3.18. The first kappa shape index (κ1) is 21.5. The fourth-order valence-electron chi connectivity index (χ4n) is 2.50. The third-order valence-corrected chi connectivity index (χ3v) is 7.05. The molecule has 9 nitrogen and oxygen atoms in total. The van der Waals surface area contributed by atoms with E-state index in [4.69, 9.17) is 4.74 Å². The maximum Gasteiger partial charge on any atom is 0.263 e. The molecule has 0 spiro atoms. The maximum atomic E-state index is 12.6. The van der Waals surface area contributed by atoms with Crippen molar-refractivity contribution >= 4 is 31.6 Å². The van der Waals surface area contributed by atoms with Crippen LogP contribution in [-0.2, 0) is 20.0 Å². The number of benzene rings is 2. The Labute approximate surface area is 175 Å². The third kappa shape index (κ3) is 4.86. The molecule has 11 heteroatoms. The van der Waals surface area contributed by atoms with Crippen LogP contribution in [0.25, 0.3) is 0 Å². The van der Waals surface area contributed by atoms with Gasteiger partial charge in [0.1, 0.15) is 12.1 Å². The van der Waals surface area contributed by atoms with Gasteiger partial charge in [-0.05, 0) is 61.4 Å². The summed E-state index contributed by atoms with van der Waals surface area (Å²) in [6.07, 6.45) is 1.17. The van der Waals surface area contributed by atoms with Crippen LogP contribution in [0.3, 0.4) is 0 Å². The van der Waals surface area contributed by atoms with E-state index in [1.165, 1.54) is 49.8 Å². The van der Waals surface area contributed by atoms with Crippen LogP contribution in [0.15, 0.2) is 64.6 Å². The number of ether oxygens (including phenoxy) is 1. The molecular weight excluding hydrogens is 428 g/mol. The van der Waals surface area contributed by atoms with Crippen LogP contribution in [0, 0.1) is 13.8 Å². The zero-order valence-corrected chi connectivity index (χ0v) is 18.1. The summed E-state index contributed by atoms with van der Waals surface area (Å²) >= 11 is 0. The Balaban J connectivity index is 1.79. The van der Waals surface area contributed by atoms with Crippen molar-refractivity contribution in [2.24, 2.45) is 0 Å². The van der Waals surface area contributed by atoms with E-state index in [1.54, 1.807) is 12.1 Å². The number of aryl methyl sites for hydroxylation is 2. The maximum absolute atomic E-state index is 12.6. The van der Waals surface area contributed by atoms with Crippen LogP contribution in [0.4, 0.5) is 11.5 Å². The average Bonchev–Trinajstić information content (AvgIpc) is 2.70. The summed E-state index contributed by atoms with van der Waals surface area (Å²) in [5, 5.41) is 0. The van der Waals surface area contributed by atoms with Gasteiger partial charge in [0, 0.05) is 11.8 Å². The van der Waals surface area contributed by atoms with E-state index in [-0.39, 0.29) is 27.2 Å². The zero-order chi connectivity index (χ0) is 21.9. The van der Waals surface area contributed by atoms with Crippen molar-refractivity contribution < 1.29 is 21.6 Å². The van der Waals surface area contributed by atoms with Crippen molar-refractivity contribution in [3.05, 3.63) is 66.0 Å². The fourth-order valence-corrected chi connectivity index (χ4v) is 4.64. The quantitative estimate of drug-likeness (QED) is 0.569. The molecule has 0 saturated carbocycles. The molecule has 0 saturated heterocycles. The normalized spacial score (nSPS) is 11.7. The molecule has 30 heavy (non-hydrogen) atoms. The smallest absolute Gasteiger partial charge is 0.263 e. The molecule has 0 aliphatic heterocycles. The van der Waals surface area contributed by atoms with Crippen LogP contribution < -0.4 is 14.2 Å². The fraction of sp³-hybridized carbons (Fsp3) is 0.158. The average molecular weight is 449 g/mol. The van der Waals surface area contributed by atoms with E-state index in [1.807, 2.05) is 13.8 Å². The van der Waals surface area contributed by atoms with Gasteiger partial charge in [0.2, 0.25) is 5.88 Å². The van der Waals surface area contributed by atoms with Crippen LogP contribution in [0.5, 0.6) is 5.88 Å². The molecular formula is C19H20N4O5S2. The van der Waals surface area contributed by atoms with Gasteiger partial charge in [-0.25, -0.2) is 26.8 Å². The molecule has 2 N–H and O–H groups in total. The van der Waals surface area contributed by atoms with Gasteiger partial charge >= 0.3 is 0 Å². The highest BCUT2D eigenvalue weighted by molar-refractivity contribution is 7.93. The zero-order valence-electron chi connectivity index (χ0n) is 16.4. The SMILES string of the molecule is COc1cc(NS(=O)(=O)c2ccc(NS(=O)(=O)c3ccc(C)c(C)c3)cc2)ncn1. The van der Waals surface area contributed by atoms with Gasteiger partial charge in [-0.15, -0.1) is 0 Å². The summed E-state index contributed by atoms with van der Waals surface area (Å²) in [7, 11) is -6.34. The second kappa shape index (κ2) is 8.28. The van der Waals surface area contributed by atoms with E-state index in [0.29, 0.717) is 0 Å². The largest absolute Gasteiger partial charge is 0.481 e. The van der Waals surface area contributed by atoms with Gasteiger partial charge in [0.05, 0.1) is 16.9 Å². The summed E-state index contributed by atoms with van der Waals surface area (Å²) in [5.74, 6) is 0.250. The molecule has 0 aliphatic rings. The molecule has 158 valence electrons. The Kier molecular flexibility index (Phi) is 5.94. The summed E-state index contributed by atoms with van der Waals surface area (Å²) in [5.41, 5.74) is 2.07. The van der Waals surface area contributed by atoms with Crippen LogP contribution in [-0.4, -0.2) is 33.9 Å². The molecule has 0 aliphatic carbocycles. The number of hydrogen-bond donors (Lipinski definition) is 2. The Morgan fingerprint density at radius 3 is 2.03 bits per heavy atom. The molecule has 0 bridgehead atoms. The topological polar surface area (TPSA) is 127 Å². The minimum atomic E-state index is -3.93. The number of anilines is 2. The van der Waals surface area contributed by atoms with Crippen LogP contribution >= 0.6 is 0 Å². The predicted octanol–water partition coefficient (Wildman–Crippen LogP) is 2.70. The number of rotatable bonds is 7. The highest BCUT2D eigenvalue weighted by Crippen LogP contribution is 2.22. The summed E-state index contributed by atoms with van der Waals surface area (Å²) in [4.78, 5) is 7.71. The molecule has 3 aromatic rings. The van der Waals surface area contributed by atoms with Gasteiger partial charge in [-0.2, -0.15) is 0 Å². The molecule has 0 atom stereocenters. The second-order valence-corrected chi connectivity index (χ2v) is 9.79. The number of sulfonamides is 2. The molecule has 1 aromatic heterocycles. The van der Waals surface area contributed by atoms with Crippen molar-refractivity contribution in [2.45, 2.75) is 23.6 Å². The standard InChI is InChI=1S/C19H20N4O5S2/c1-13-4-7-17(10-14(13)2)30(26,27)22-15-5-8-16(9-6-15)29(24,25)23-18-11-19(28-3)21-12-20-18/h4-12,22H,1-3H3,(H,20,21,23). The Morgan fingerprint density at radius 1 is 0.767 bits per heavy atom. The van der Waals surface area contributed by atoms with Crippen molar-refractivity contribution in [1.29, 1.82) is 0 Å². The van der Waals surface area contributed by atoms with Crippen molar-refractivity contribution in [1.82, 2.24) is 9.97 Å². The van der Waals surface area contributed by atoms with E-state index in [2.05, 4.69) is 19.4 Å². The number of hydrogen-bond acceptors (Lipinski definition) is 7. The molecule has 0 amide bonds. The minimum absolute atomic E-state index is 0.0429. The van der Waals surface area contributed by atoms with E-state index < -0.39 is 20.0 Å². The number of aromatic nitrogens is 2. The van der Waals surface area contributed by atoms with Crippen molar-refractivity contribution in [2.75, 3.05) is 16.6 Å². The minimum Gasteiger partial charge on any atom is -0.481 e. The van der Waals surface area contributed by atoms with Gasteiger partial charge in [-0.1, -0.05) is 6.07 Å². The molecule has 2 aromatic carbocycles. The van der Waals surface area contributed by atoms with E-state index in [0.717, 1.165) is 11.1 Å². The van der Waals surface area contributed by atoms with E-state index in [9.17, 15) is 16.8 Å². The lowest BCUT2D eigenvalue weighted by atomic mass is 10.1. The Morgan fingerprint density at radius 2 is 1.40 bits per heavy atom.